The van der Waals surface area contributed by atoms with Crippen molar-refractivity contribution in [3.8, 4) is 45.8 Å². The van der Waals surface area contributed by atoms with E-state index in [0.717, 1.165) is 82.9 Å². The highest BCUT2D eigenvalue weighted by Crippen LogP contribution is 2.46. The summed E-state index contributed by atoms with van der Waals surface area (Å²) in [4.78, 5) is 21.7. The largest absolute Gasteiger partial charge is 0.309 e. The van der Waals surface area contributed by atoms with Crippen LogP contribution in [0.4, 0.5) is 0 Å². The standard InChI is InChI=1S/C60H34N8/c1-2-22-44-43(21-1)56-55-57(44)62-60(68-52-28-14-8-20-42(52)46-34-36(30-32-54(46)68)66-49-25-11-5-17-39(49)40-18-6-12-26-50(40)66)64-58(55)63-59(61-56)67-51-27-13-7-19-41(51)45-33-35(29-31-53(45)67)65-47-23-9-3-15-37(47)38-16-4-10-24-48(38)65/h1-34H. The zero-order valence-corrected chi connectivity index (χ0v) is 36.2. The average molecular weight is 867 g/mol. The Balaban J connectivity index is 0.928. The summed E-state index contributed by atoms with van der Waals surface area (Å²) < 4.78 is 9.16. The van der Waals surface area contributed by atoms with E-state index in [2.05, 4.69) is 225 Å². The Kier molecular flexibility index (Phi) is 6.92. The van der Waals surface area contributed by atoms with Crippen molar-refractivity contribution < 1.29 is 0 Å². The topological polar surface area (TPSA) is 71.3 Å². The van der Waals surface area contributed by atoms with E-state index in [-0.39, 0.29) is 0 Å². The third kappa shape index (κ3) is 4.67. The number of hydrogen-bond donors (Lipinski definition) is 0. The summed E-state index contributed by atoms with van der Waals surface area (Å²) in [5.74, 6) is 1.13. The number of para-hydroxylation sites is 6. The summed E-state index contributed by atoms with van der Waals surface area (Å²) in [6.07, 6.45) is 0. The van der Waals surface area contributed by atoms with Crippen molar-refractivity contribution in [2.75, 3.05) is 0 Å². The van der Waals surface area contributed by atoms with Gasteiger partial charge in [0.1, 0.15) is 0 Å². The van der Waals surface area contributed by atoms with Gasteiger partial charge in [-0.2, -0.15) is 9.97 Å². The second-order valence-corrected chi connectivity index (χ2v) is 17.8. The van der Waals surface area contributed by atoms with Crippen molar-refractivity contribution in [3.05, 3.63) is 206 Å². The predicted octanol–water partition coefficient (Wildman–Crippen LogP) is 14.5. The van der Waals surface area contributed by atoms with Crippen LogP contribution in [0, 0.1) is 0 Å². The van der Waals surface area contributed by atoms with Gasteiger partial charge in [0, 0.05) is 65.6 Å². The lowest BCUT2D eigenvalue weighted by atomic mass is 10.1. The van der Waals surface area contributed by atoms with Crippen LogP contribution in [0.5, 0.6) is 0 Å². The minimum atomic E-state index is 0.564. The Labute approximate surface area is 386 Å². The molecule has 0 N–H and O–H groups in total. The molecule has 0 unspecified atom stereocenters. The van der Waals surface area contributed by atoms with Crippen molar-refractivity contribution in [1.29, 1.82) is 0 Å². The first-order valence-corrected chi connectivity index (χ1v) is 23.0. The molecule has 6 heterocycles. The molecule has 8 nitrogen and oxygen atoms in total. The van der Waals surface area contributed by atoms with Crippen LogP contribution in [0.3, 0.4) is 0 Å². The summed E-state index contributed by atoms with van der Waals surface area (Å²) in [6.45, 7) is 0. The van der Waals surface area contributed by atoms with Crippen molar-refractivity contribution in [3.63, 3.8) is 0 Å². The highest BCUT2D eigenvalue weighted by atomic mass is 15.2. The minimum Gasteiger partial charge on any atom is -0.309 e. The van der Waals surface area contributed by atoms with Gasteiger partial charge in [0.15, 0.2) is 5.65 Å². The lowest BCUT2D eigenvalue weighted by Gasteiger charge is -2.12. The maximum atomic E-state index is 5.44. The van der Waals surface area contributed by atoms with Crippen LogP contribution < -0.4 is 0 Å². The molecule has 0 fully saturated rings. The van der Waals surface area contributed by atoms with E-state index in [1.54, 1.807) is 0 Å². The maximum Gasteiger partial charge on any atom is 0.237 e. The maximum absolute atomic E-state index is 5.44. The number of aromatic nitrogens is 8. The first-order valence-electron chi connectivity index (χ1n) is 23.0. The number of nitrogens with zero attached hydrogens (tertiary/aromatic N) is 8. The van der Waals surface area contributed by atoms with Gasteiger partial charge < -0.3 is 9.13 Å². The molecule has 1 aliphatic rings. The Morgan fingerprint density at radius 1 is 0.250 bits per heavy atom. The van der Waals surface area contributed by atoms with Gasteiger partial charge in [-0.1, -0.05) is 133 Å². The molecule has 0 bridgehead atoms. The Morgan fingerprint density at radius 3 is 0.912 bits per heavy atom. The summed E-state index contributed by atoms with van der Waals surface area (Å²) in [6, 6.07) is 73.7. The second-order valence-electron chi connectivity index (χ2n) is 17.8. The minimum absolute atomic E-state index is 0.564. The van der Waals surface area contributed by atoms with E-state index < -0.39 is 0 Å². The fourth-order valence-electron chi connectivity index (χ4n) is 11.5. The first-order chi connectivity index (χ1) is 33.7. The van der Waals surface area contributed by atoms with Crippen LogP contribution in [0.2, 0.25) is 0 Å². The molecule has 0 saturated heterocycles. The number of hydrogen-bond acceptors (Lipinski definition) is 4. The highest BCUT2D eigenvalue weighted by Gasteiger charge is 2.30. The normalized spacial score (nSPS) is 12.4. The molecule has 0 atom stereocenters. The van der Waals surface area contributed by atoms with Gasteiger partial charge in [-0.25, -0.2) is 9.97 Å². The Morgan fingerprint density at radius 2 is 0.544 bits per heavy atom. The quantitative estimate of drug-likeness (QED) is 0.177. The van der Waals surface area contributed by atoms with E-state index in [1.807, 2.05) is 0 Å². The molecule has 0 aliphatic heterocycles. The number of rotatable bonds is 4. The van der Waals surface area contributed by atoms with Crippen molar-refractivity contribution >= 4 is 98.3 Å². The van der Waals surface area contributed by atoms with E-state index >= 15 is 0 Å². The Hall–Kier alpha value is -9.40. The van der Waals surface area contributed by atoms with E-state index in [9.17, 15) is 0 Å². The van der Waals surface area contributed by atoms with E-state index in [0.29, 0.717) is 17.5 Å². The molecular weight excluding hydrogens is 833 g/mol. The zero-order valence-electron chi connectivity index (χ0n) is 36.2. The van der Waals surface area contributed by atoms with Gasteiger partial charge in [0.25, 0.3) is 0 Å². The van der Waals surface area contributed by atoms with Crippen LogP contribution in [-0.4, -0.2) is 38.2 Å². The Bertz CT molecular complexity index is 4300. The molecule has 0 amide bonds. The lowest BCUT2D eigenvalue weighted by molar-refractivity contribution is 0.976. The molecule has 68 heavy (non-hydrogen) atoms. The molecule has 15 aromatic rings. The number of fused-ring (bicyclic) bond motifs is 15. The molecule has 8 heteroatoms. The van der Waals surface area contributed by atoms with Crippen molar-refractivity contribution in [1.82, 2.24) is 38.2 Å². The molecule has 6 aromatic heterocycles. The van der Waals surface area contributed by atoms with E-state index in [1.165, 1.54) is 43.6 Å². The summed E-state index contributed by atoms with van der Waals surface area (Å²) in [5, 5.41) is 10.3. The molecule has 0 radical (unpaired) electrons. The first kappa shape index (κ1) is 35.9. The smallest absolute Gasteiger partial charge is 0.237 e. The summed E-state index contributed by atoms with van der Waals surface area (Å²) >= 11 is 0. The lowest BCUT2D eigenvalue weighted by Crippen LogP contribution is -2.07. The molecular formula is C60H34N8. The summed E-state index contributed by atoms with van der Waals surface area (Å²) in [5.41, 5.74) is 15.3. The molecule has 9 aromatic carbocycles. The van der Waals surface area contributed by atoms with Crippen LogP contribution in [0.1, 0.15) is 0 Å². The second kappa shape index (κ2) is 13.1. The number of benzene rings is 9. The van der Waals surface area contributed by atoms with Crippen LogP contribution in [-0.2, 0) is 0 Å². The highest BCUT2D eigenvalue weighted by molar-refractivity contribution is 6.15. The average Bonchev–Trinajstić information content (AvgIpc) is 4.19. The van der Waals surface area contributed by atoms with Crippen LogP contribution in [0.15, 0.2) is 206 Å². The van der Waals surface area contributed by atoms with Crippen LogP contribution in [0.25, 0.3) is 144 Å². The third-order valence-corrected chi connectivity index (χ3v) is 14.4. The van der Waals surface area contributed by atoms with Crippen LogP contribution >= 0.6 is 0 Å². The third-order valence-electron chi connectivity index (χ3n) is 14.4. The molecule has 1 aliphatic carbocycles. The predicted molar refractivity (Wildman–Crippen MR) is 277 cm³/mol. The van der Waals surface area contributed by atoms with E-state index in [4.69, 9.17) is 19.9 Å². The summed E-state index contributed by atoms with van der Waals surface area (Å²) in [7, 11) is 0. The zero-order chi connectivity index (χ0) is 44.2. The van der Waals surface area contributed by atoms with Gasteiger partial charge in [0.2, 0.25) is 11.9 Å². The van der Waals surface area contributed by atoms with Crippen molar-refractivity contribution in [2.45, 2.75) is 0 Å². The monoisotopic (exact) mass is 866 g/mol. The molecule has 0 spiro atoms. The SMILES string of the molecule is c1ccc2c(c1)-c1nc(-n3c4ccccc4c4cc(-n5c6ccccc6c6ccccc65)ccc43)nc3nc(-n4c5ccccc5c5cc(-n6c7ccccc7c7ccccc76)ccc54)nc-2c13. The van der Waals surface area contributed by atoms with Crippen molar-refractivity contribution in [2.24, 2.45) is 0 Å². The van der Waals surface area contributed by atoms with Gasteiger partial charge in [-0.3, -0.25) is 9.13 Å². The van der Waals surface area contributed by atoms with Gasteiger partial charge in [0.05, 0.1) is 60.9 Å². The molecule has 16 rings (SSSR count). The van der Waals surface area contributed by atoms with Gasteiger partial charge >= 0.3 is 0 Å². The van der Waals surface area contributed by atoms with Gasteiger partial charge in [-0.15, -0.1) is 0 Å². The fourth-order valence-corrected chi connectivity index (χ4v) is 11.5. The molecule has 314 valence electrons. The fraction of sp³-hybridized carbons (Fsp3) is 0. The molecule has 0 saturated carbocycles. The van der Waals surface area contributed by atoms with Gasteiger partial charge in [-0.05, 0) is 72.8 Å².